The van der Waals surface area contributed by atoms with Crippen LogP contribution in [0, 0.1) is 11.8 Å². The Morgan fingerprint density at radius 1 is 1.20 bits per heavy atom. The van der Waals surface area contributed by atoms with Gasteiger partial charge in [-0.1, -0.05) is 33.1 Å². The Hall–Kier alpha value is -1.10. The standard InChI is InChI=1S/C15H28N2O3/c1-11(2)12(14(19)20)10-17-13(18)9-15(16-3)7-5-4-6-8-15/h11-12,16H,4-10H2,1-3H3,(H,17,18)(H,19,20). The highest BCUT2D eigenvalue weighted by Crippen LogP contribution is 2.30. The molecule has 1 saturated carbocycles. The van der Waals surface area contributed by atoms with E-state index in [1.165, 1.54) is 6.42 Å². The van der Waals surface area contributed by atoms with Gasteiger partial charge >= 0.3 is 5.97 Å². The minimum Gasteiger partial charge on any atom is -0.481 e. The molecule has 1 amide bonds. The molecule has 5 nitrogen and oxygen atoms in total. The van der Waals surface area contributed by atoms with Crippen LogP contribution in [0.2, 0.25) is 0 Å². The van der Waals surface area contributed by atoms with Gasteiger partial charge in [-0.2, -0.15) is 0 Å². The Balaban J connectivity index is 2.48. The number of rotatable bonds is 7. The van der Waals surface area contributed by atoms with E-state index in [0.717, 1.165) is 25.7 Å². The average Bonchev–Trinajstić information content (AvgIpc) is 2.39. The lowest BCUT2D eigenvalue weighted by molar-refractivity contribution is -0.143. The zero-order chi connectivity index (χ0) is 15.2. The highest BCUT2D eigenvalue weighted by atomic mass is 16.4. The first-order valence-electron chi connectivity index (χ1n) is 7.58. The van der Waals surface area contributed by atoms with Crippen LogP contribution in [0.5, 0.6) is 0 Å². The van der Waals surface area contributed by atoms with Crippen molar-refractivity contribution in [1.82, 2.24) is 10.6 Å². The van der Waals surface area contributed by atoms with E-state index in [1.54, 1.807) is 0 Å². The summed E-state index contributed by atoms with van der Waals surface area (Å²) < 4.78 is 0. The van der Waals surface area contributed by atoms with Gasteiger partial charge in [0.1, 0.15) is 0 Å². The summed E-state index contributed by atoms with van der Waals surface area (Å²) in [6.45, 7) is 3.94. The number of nitrogens with one attached hydrogen (secondary N) is 2. The number of hydrogen-bond donors (Lipinski definition) is 3. The van der Waals surface area contributed by atoms with Crippen molar-refractivity contribution in [2.45, 2.75) is 57.9 Å². The maximum absolute atomic E-state index is 12.1. The lowest BCUT2D eigenvalue weighted by Gasteiger charge is -2.36. The van der Waals surface area contributed by atoms with Crippen LogP contribution >= 0.6 is 0 Å². The van der Waals surface area contributed by atoms with E-state index < -0.39 is 11.9 Å². The smallest absolute Gasteiger partial charge is 0.308 e. The number of aliphatic carboxylic acids is 1. The summed E-state index contributed by atoms with van der Waals surface area (Å²) in [7, 11) is 1.91. The molecule has 20 heavy (non-hydrogen) atoms. The Kier molecular flexibility index (Phi) is 6.46. The van der Waals surface area contributed by atoms with Crippen LogP contribution in [0.1, 0.15) is 52.4 Å². The number of carboxylic acids is 1. The van der Waals surface area contributed by atoms with E-state index in [4.69, 9.17) is 5.11 Å². The van der Waals surface area contributed by atoms with E-state index in [2.05, 4.69) is 10.6 Å². The molecule has 1 atom stereocenters. The fourth-order valence-electron chi connectivity index (χ4n) is 2.95. The van der Waals surface area contributed by atoms with E-state index in [0.29, 0.717) is 6.42 Å². The summed E-state index contributed by atoms with van der Waals surface area (Å²) in [5.74, 6) is -1.40. The first-order chi connectivity index (χ1) is 9.40. The maximum atomic E-state index is 12.1. The topological polar surface area (TPSA) is 78.4 Å². The van der Waals surface area contributed by atoms with Crippen molar-refractivity contribution in [2.24, 2.45) is 11.8 Å². The Bertz CT molecular complexity index is 336. The van der Waals surface area contributed by atoms with Crippen molar-refractivity contribution in [3.63, 3.8) is 0 Å². The monoisotopic (exact) mass is 284 g/mol. The third-order valence-corrected chi connectivity index (χ3v) is 4.48. The zero-order valence-corrected chi connectivity index (χ0v) is 12.9. The Morgan fingerprint density at radius 3 is 2.25 bits per heavy atom. The molecule has 0 bridgehead atoms. The van der Waals surface area contributed by atoms with Crippen LogP contribution in [0.15, 0.2) is 0 Å². The van der Waals surface area contributed by atoms with E-state index >= 15 is 0 Å². The molecule has 0 aromatic rings. The van der Waals surface area contributed by atoms with Gasteiger partial charge in [-0.15, -0.1) is 0 Å². The third kappa shape index (κ3) is 4.78. The van der Waals surface area contributed by atoms with E-state index in [1.807, 2.05) is 20.9 Å². The molecule has 5 heteroatoms. The lowest BCUT2D eigenvalue weighted by atomic mass is 9.79. The zero-order valence-electron chi connectivity index (χ0n) is 12.9. The molecular formula is C15H28N2O3. The number of amides is 1. The fraction of sp³-hybridized carbons (Fsp3) is 0.867. The molecule has 0 aliphatic heterocycles. The SMILES string of the molecule is CNC1(CC(=O)NCC(C(=O)O)C(C)C)CCCCC1. The number of carboxylic acid groups (broad SMARTS) is 1. The fourth-order valence-corrected chi connectivity index (χ4v) is 2.95. The van der Waals surface area contributed by atoms with Crippen LogP contribution in [0.25, 0.3) is 0 Å². The van der Waals surface area contributed by atoms with Gasteiger partial charge in [0.15, 0.2) is 0 Å². The van der Waals surface area contributed by atoms with Gasteiger partial charge < -0.3 is 15.7 Å². The molecule has 1 rings (SSSR count). The molecule has 0 aromatic heterocycles. The summed E-state index contributed by atoms with van der Waals surface area (Å²) in [4.78, 5) is 23.2. The van der Waals surface area contributed by atoms with Gasteiger partial charge in [0, 0.05) is 18.5 Å². The van der Waals surface area contributed by atoms with Crippen molar-refractivity contribution in [1.29, 1.82) is 0 Å². The van der Waals surface area contributed by atoms with Crippen LogP contribution in [0.3, 0.4) is 0 Å². The van der Waals surface area contributed by atoms with Gasteiger partial charge in [-0.05, 0) is 25.8 Å². The third-order valence-electron chi connectivity index (χ3n) is 4.48. The lowest BCUT2D eigenvalue weighted by Crippen LogP contribution is -2.49. The Morgan fingerprint density at radius 2 is 1.80 bits per heavy atom. The summed E-state index contributed by atoms with van der Waals surface area (Å²) in [6.07, 6.45) is 6.01. The van der Waals surface area contributed by atoms with Gasteiger partial charge in [0.25, 0.3) is 0 Å². The van der Waals surface area contributed by atoms with Crippen molar-refractivity contribution in [2.75, 3.05) is 13.6 Å². The molecule has 1 fully saturated rings. The van der Waals surface area contributed by atoms with Gasteiger partial charge in [-0.3, -0.25) is 9.59 Å². The van der Waals surface area contributed by atoms with Crippen molar-refractivity contribution in [3.8, 4) is 0 Å². The second kappa shape index (κ2) is 7.62. The minimum atomic E-state index is -0.846. The summed E-state index contributed by atoms with van der Waals surface area (Å²) in [6, 6.07) is 0. The first kappa shape index (κ1) is 17.0. The minimum absolute atomic E-state index is 0.0146. The van der Waals surface area contributed by atoms with Crippen molar-refractivity contribution in [3.05, 3.63) is 0 Å². The molecule has 0 saturated heterocycles. The maximum Gasteiger partial charge on any atom is 0.308 e. The number of carbonyl (C=O) groups excluding carboxylic acids is 1. The van der Waals surface area contributed by atoms with Crippen LogP contribution in [-0.4, -0.2) is 36.1 Å². The molecule has 3 N–H and O–H groups in total. The molecule has 0 radical (unpaired) electrons. The number of carbonyl (C=O) groups is 2. The summed E-state index contributed by atoms with van der Waals surface area (Å²) in [5, 5.41) is 15.2. The van der Waals surface area contributed by atoms with Crippen LogP contribution in [-0.2, 0) is 9.59 Å². The molecule has 0 spiro atoms. The normalized spacial score (nSPS) is 19.6. The average molecular weight is 284 g/mol. The predicted octanol–water partition coefficient (Wildman–Crippen LogP) is 1.77. The summed E-state index contributed by atoms with van der Waals surface area (Å²) >= 11 is 0. The van der Waals surface area contributed by atoms with Gasteiger partial charge in [-0.25, -0.2) is 0 Å². The highest BCUT2D eigenvalue weighted by molar-refractivity contribution is 5.78. The largest absolute Gasteiger partial charge is 0.481 e. The first-order valence-corrected chi connectivity index (χ1v) is 7.58. The Labute approximate surface area is 121 Å². The summed E-state index contributed by atoms with van der Waals surface area (Å²) in [5.41, 5.74) is -0.0983. The predicted molar refractivity (Wildman–Crippen MR) is 78.5 cm³/mol. The van der Waals surface area contributed by atoms with Crippen molar-refractivity contribution < 1.29 is 14.7 Å². The highest BCUT2D eigenvalue weighted by Gasteiger charge is 2.33. The van der Waals surface area contributed by atoms with Gasteiger partial charge in [0.2, 0.25) is 5.91 Å². The molecular weight excluding hydrogens is 256 g/mol. The van der Waals surface area contributed by atoms with Gasteiger partial charge in [0.05, 0.1) is 5.92 Å². The van der Waals surface area contributed by atoms with Crippen LogP contribution in [0.4, 0.5) is 0 Å². The second-order valence-electron chi connectivity index (χ2n) is 6.26. The molecule has 1 aliphatic rings. The number of hydrogen-bond acceptors (Lipinski definition) is 3. The quantitative estimate of drug-likeness (QED) is 0.666. The molecule has 1 unspecified atom stereocenters. The molecule has 0 aromatic carbocycles. The molecule has 0 heterocycles. The molecule has 1 aliphatic carbocycles. The molecule has 116 valence electrons. The van der Waals surface area contributed by atoms with E-state index in [-0.39, 0.29) is 23.9 Å². The van der Waals surface area contributed by atoms with Crippen LogP contribution < -0.4 is 10.6 Å². The van der Waals surface area contributed by atoms with Crippen molar-refractivity contribution >= 4 is 11.9 Å². The second-order valence-corrected chi connectivity index (χ2v) is 6.26. The van der Waals surface area contributed by atoms with E-state index in [9.17, 15) is 9.59 Å².